The molecule has 1 atom stereocenters. The Balaban J connectivity index is 2.20. The van der Waals surface area contributed by atoms with E-state index in [1.165, 1.54) is 0 Å². The minimum atomic E-state index is -0.341. The van der Waals surface area contributed by atoms with Gasteiger partial charge < -0.3 is 20.1 Å². The molecule has 3 N–H and O–H groups in total. The number of carbonyl (C=O) groups is 1. The van der Waals surface area contributed by atoms with E-state index in [1.54, 1.807) is 14.2 Å². The van der Waals surface area contributed by atoms with Gasteiger partial charge in [0.25, 0.3) is 5.91 Å². The van der Waals surface area contributed by atoms with Crippen LogP contribution in [0.4, 0.5) is 5.69 Å². The molecule has 0 aliphatic rings. The third kappa shape index (κ3) is 4.81. The summed E-state index contributed by atoms with van der Waals surface area (Å²) in [6, 6.07) is 15.1. The summed E-state index contributed by atoms with van der Waals surface area (Å²) < 4.78 is 10.4. The van der Waals surface area contributed by atoms with Gasteiger partial charge in [0.15, 0.2) is 6.04 Å². The topological polar surface area (TPSA) is 64.2 Å². The molecule has 2 aromatic rings. The summed E-state index contributed by atoms with van der Waals surface area (Å²) in [6.45, 7) is 3.27. The van der Waals surface area contributed by atoms with Crippen molar-refractivity contribution >= 4 is 11.6 Å². The molecular weight excluding hydrogens is 304 g/mol. The molecule has 2 aromatic carbocycles. The van der Waals surface area contributed by atoms with Crippen LogP contribution in [0.3, 0.4) is 0 Å². The molecule has 0 radical (unpaired) electrons. The van der Waals surface area contributed by atoms with E-state index in [-0.39, 0.29) is 11.9 Å². The number of ether oxygens (including phenoxy) is 2. The maximum atomic E-state index is 12.8. The van der Waals surface area contributed by atoms with Gasteiger partial charge in [0.1, 0.15) is 12.3 Å². The zero-order chi connectivity index (χ0) is 17.4. The number of anilines is 1. The van der Waals surface area contributed by atoms with Crippen LogP contribution in [0.1, 0.15) is 17.2 Å². The Morgan fingerprint density at radius 2 is 1.92 bits per heavy atom. The van der Waals surface area contributed by atoms with Gasteiger partial charge in [0, 0.05) is 12.7 Å². The van der Waals surface area contributed by atoms with Crippen molar-refractivity contribution in [1.82, 2.24) is 0 Å². The second-order valence-electron chi connectivity index (χ2n) is 5.60. The number of nitrogens with one attached hydrogen (secondary N) is 1. The fourth-order valence-electron chi connectivity index (χ4n) is 2.54. The van der Waals surface area contributed by atoms with Gasteiger partial charge in [-0.15, -0.1) is 0 Å². The van der Waals surface area contributed by atoms with Crippen LogP contribution in [0.25, 0.3) is 0 Å². The Kier molecular flexibility index (Phi) is 6.78. The maximum Gasteiger partial charge on any atom is 0.287 e. The predicted octanol–water partition coefficient (Wildman–Crippen LogP) is 1.89. The zero-order valence-electron chi connectivity index (χ0n) is 14.4. The highest BCUT2D eigenvalue weighted by Crippen LogP contribution is 2.26. The van der Waals surface area contributed by atoms with E-state index in [2.05, 4.69) is 5.32 Å². The van der Waals surface area contributed by atoms with Crippen LogP contribution in [0.5, 0.6) is 5.75 Å². The van der Waals surface area contributed by atoms with E-state index in [0.29, 0.717) is 24.6 Å². The van der Waals surface area contributed by atoms with Crippen molar-refractivity contribution in [2.45, 2.75) is 13.0 Å². The molecule has 24 heavy (non-hydrogen) atoms. The smallest absolute Gasteiger partial charge is 0.287 e. The Morgan fingerprint density at radius 1 is 1.17 bits per heavy atom. The van der Waals surface area contributed by atoms with E-state index < -0.39 is 0 Å². The quantitative estimate of drug-likeness (QED) is 0.727. The monoisotopic (exact) mass is 329 g/mol. The highest BCUT2D eigenvalue weighted by molar-refractivity contribution is 5.95. The van der Waals surface area contributed by atoms with E-state index in [0.717, 1.165) is 11.1 Å². The molecule has 0 saturated carbocycles. The van der Waals surface area contributed by atoms with Crippen molar-refractivity contribution < 1.29 is 19.6 Å². The molecule has 0 bridgehead atoms. The van der Waals surface area contributed by atoms with Gasteiger partial charge in [0.05, 0.1) is 19.4 Å². The molecule has 0 aromatic heterocycles. The second-order valence-corrected chi connectivity index (χ2v) is 5.60. The molecule has 0 unspecified atom stereocenters. The molecule has 1 amide bonds. The van der Waals surface area contributed by atoms with E-state index >= 15 is 0 Å². The number of quaternary nitrogens is 1. The first-order valence-electron chi connectivity index (χ1n) is 7.98. The Morgan fingerprint density at radius 3 is 2.58 bits per heavy atom. The molecule has 5 nitrogen and oxygen atoms in total. The lowest BCUT2D eigenvalue weighted by Gasteiger charge is -2.17. The predicted molar refractivity (Wildman–Crippen MR) is 94.2 cm³/mol. The normalized spacial score (nSPS) is 11.8. The van der Waals surface area contributed by atoms with E-state index in [1.807, 2.05) is 60.8 Å². The average molecular weight is 329 g/mol. The Labute approximate surface area is 143 Å². The maximum absolute atomic E-state index is 12.8. The van der Waals surface area contributed by atoms with Crippen LogP contribution in [-0.2, 0) is 9.53 Å². The second kappa shape index (κ2) is 9.05. The van der Waals surface area contributed by atoms with Crippen molar-refractivity contribution in [3.8, 4) is 5.75 Å². The van der Waals surface area contributed by atoms with Crippen molar-refractivity contribution in [3.05, 3.63) is 59.7 Å². The van der Waals surface area contributed by atoms with Crippen molar-refractivity contribution in [3.63, 3.8) is 0 Å². The number of hydrogen-bond donors (Lipinski definition) is 2. The number of aryl methyl sites for hydroxylation is 1. The standard InChI is InChI=1S/C19H24N2O3/c1-14-9-10-17(24-3)16(13-14)21-19(22)18(20-11-12-23-2)15-7-5-4-6-8-15/h4-10,13,18,20H,11-12H2,1-3H3,(H,21,22)/p+1/t18-/m1/s1. The summed E-state index contributed by atoms with van der Waals surface area (Å²) in [5.74, 6) is 0.568. The number of hydrogen-bond acceptors (Lipinski definition) is 3. The molecule has 0 saturated heterocycles. The van der Waals surface area contributed by atoms with Gasteiger partial charge in [-0.1, -0.05) is 36.4 Å². The fourth-order valence-corrected chi connectivity index (χ4v) is 2.54. The molecule has 0 fully saturated rings. The molecule has 5 heteroatoms. The minimum Gasteiger partial charge on any atom is -0.495 e. The number of nitrogens with two attached hydrogens (primary N) is 1. The summed E-state index contributed by atoms with van der Waals surface area (Å²) in [6.07, 6.45) is 0. The van der Waals surface area contributed by atoms with Gasteiger partial charge in [-0.25, -0.2) is 0 Å². The first kappa shape index (κ1) is 18.0. The van der Waals surface area contributed by atoms with E-state index in [4.69, 9.17) is 9.47 Å². The fraction of sp³-hybridized carbons (Fsp3) is 0.316. The zero-order valence-corrected chi connectivity index (χ0v) is 14.4. The van der Waals surface area contributed by atoms with Crippen LogP contribution < -0.4 is 15.4 Å². The van der Waals surface area contributed by atoms with Crippen LogP contribution in [0.15, 0.2) is 48.5 Å². The molecule has 0 heterocycles. The van der Waals surface area contributed by atoms with Crippen molar-refractivity contribution in [1.29, 1.82) is 0 Å². The lowest BCUT2D eigenvalue weighted by atomic mass is 10.1. The minimum absolute atomic E-state index is 0.0822. The summed E-state index contributed by atoms with van der Waals surface area (Å²) in [4.78, 5) is 12.8. The van der Waals surface area contributed by atoms with Gasteiger partial charge in [-0.2, -0.15) is 0 Å². The number of rotatable bonds is 8. The van der Waals surface area contributed by atoms with Crippen molar-refractivity contribution in [2.24, 2.45) is 0 Å². The van der Waals surface area contributed by atoms with Crippen LogP contribution in [0, 0.1) is 6.92 Å². The highest BCUT2D eigenvalue weighted by Gasteiger charge is 2.24. The Bertz CT molecular complexity index is 659. The van der Waals surface area contributed by atoms with Gasteiger partial charge >= 0.3 is 0 Å². The molecule has 0 aliphatic heterocycles. The molecule has 128 valence electrons. The first-order chi connectivity index (χ1) is 11.7. The van der Waals surface area contributed by atoms with Crippen molar-refractivity contribution in [2.75, 3.05) is 32.7 Å². The van der Waals surface area contributed by atoms with Crippen LogP contribution in [-0.4, -0.2) is 33.3 Å². The number of carbonyl (C=O) groups excluding carboxylic acids is 1. The summed E-state index contributed by atoms with van der Waals surface area (Å²) in [5.41, 5.74) is 2.70. The Hall–Kier alpha value is -2.37. The summed E-state index contributed by atoms with van der Waals surface area (Å²) >= 11 is 0. The molecule has 0 aliphatic carbocycles. The number of amides is 1. The SMILES string of the molecule is COCC[NH2+][C@@H](C(=O)Nc1cc(C)ccc1OC)c1ccccc1. The largest absolute Gasteiger partial charge is 0.495 e. The summed E-state index contributed by atoms with van der Waals surface area (Å²) in [7, 11) is 3.25. The third-order valence-electron chi connectivity index (χ3n) is 3.78. The molecular formula is C19H25N2O3+. The molecule has 0 spiro atoms. The molecule has 2 rings (SSSR count). The van der Waals surface area contributed by atoms with E-state index in [9.17, 15) is 4.79 Å². The van der Waals surface area contributed by atoms with Gasteiger partial charge in [0.2, 0.25) is 0 Å². The average Bonchev–Trinajstić information content (AvgIpc) is 2.59. The highest BCUT2D eigenvalue weighted by atomic mass is 16.5. The number of benzene rings is 2. The van der Waals surface area contributed by atoms with Crippen LogP contribution >= 0.6 is 0 Å². The summed E-state index contributed by atoms with van der Waals surface area (Å²) in [5, 5.41) is 4.97. The first-order valence-corrected chi connectivity index (χ1v) is 7.98. The van der Waals surface area contributed by atoms with Gasteiger partial charge in [-0.05, 0) is 24.6 Å². The lowest BCUT2D eigenvalue weighted by Crippen LogP contribution is -2.88. The number of methoxy groups -OCH3 is 2. The van der Waals surface area contributed by atoms with Crippen LogP contribution in [0.2, 0.25) is 0 Å². The lowest BCUT2D eigenvalue weighted by molar-refractivity contribution is -0.683. The van der Waals surface area contributed by atoms with Gasteiger partial charge in [-0.3, -0.25) is 4.79 Å². The third-order valence-corrected chi connectivity index (χ3v) is 3.78.